The molecule has 0 atom stereocenters. The Morgan fingerprint density at radius 2 is 2.00 bits per heavy atom. The summed E-state index contributed by atoms with van der Waals surface area (Å²) in [5, 5.41) is 21.8. The molecule has 0 radical (unpaired) electrons. The topological polar surface area (TPSA) is 57.7 Å². The second-order valence-corrected chi connectivity index (χ2v) is 8.34. The minimum atomic E-state index is 0. The average Bonchev–Trinajstić information content (AvgIpc) is 3.20. The van der Waals surface area contributed by atoms with Gasteiger partial charge in [-0.15, -0.1) is 27.2 Å². The maximum absolute atomic E-state index is 9.98. The Bertz CT molecular complexity index is 956. The van der Waals surface area contributed by atoms with Crippen molar-refractivity contribution in [3.63, 3.8) is 0 Å². The smallest absolute Gasteiger partial charge is 0.177 e. The van der Waals surface area contributed by atoms with Crippen LogP contribution in [0.4, 0.5) is 0 Å². The zero-order chi connectivity index (χ0) is 18.8. The molecular weight excluding hydrogens is 502 g/mol. The van der Waals surface area contributed by atoms with Gasteiger partial charge in [0.05, 0.1) is 5.70 Å². The van der Waals surface area contributed by atoms with Gasteiger partial charge in [0.25, 0.3) is 0 Å². The Morgan fingerprint density at radius 1 is 1.21 bits per heavy atom. The number of aromatic nitrogens is 3. The van der Waals surface area contributed by atoms with Crippen molar-refractivity contribution in [2.75, 3.05) is 6.54 Å². The fourth-order valence-corrected chi connectivity index (χ4v) is 4.92. The van der Waals surface area contributed by atoms with Gasteiger partial charge in [0, 0.05) is 29.4 Å². The van der Waals surface area contributed by atoms with Crippen LogP contribution in [0.25, 0.3) is 11.3 Å². The molecule has 2 aliphatic heterocycles. The number of hydrogen-bond donors (Lipinski definition) is 0. The van der Waals surface area contributed by atoms with E-state index in [4.69, 9.17) is 0 Å². The number of rotatable bonds is 3. The number of fused-ring (bicyclic) bond motifs is 1. The Labute approximate surface area is 188 Å². The van der Waals surface area contributed by atoms with Gasteiger partial charge in [-0.1, -0.05) is 46.2 Å². The van der Waals surface area contributed by atoms with Crippen LogP contribution in [-0.2, 0) is 13.0 Å². The summed E-state index contributed by atoms with van der Waals surface area (Å²) >= 11 is 5.09. The molecule has 2 aliphatic rings. The van der Waals surface area contributed by atoms with Crippen molar-refractivity contribution in [2.24, 2.45) is 0 Å². The van der Waals surface area contributed by atoms with Crippen LogP contribution in [0.3, 0.4) is 0 Å². The van der Waals surface area contributed by atoms with E-state index in [0.717, 1.165) is 58.9 Å². The van der Waals surface area contributed by atoms with Gasteiger partial charge in [0.2, 0.25) is 0 Å². The van der Waals surface area contributed by atoms with Crippen molar-refractivity contribution in [1.82, 2.24) is 19.7 Å². The van der Waals surface area contributed by atoms with Gasteiger partial charge in [0.15, 0.2) is 5.82 Å². The lowest BCUT2D eigenvalue weighted by molar-refractivity contribution is 0.556. The van der Waals surface area contributed by atoms with Crippen molar-refractivity contribution in [2.45, 2.75) is 39.2 Å². The molecular formula is C20H21Br2N5S. The normalized spacial score (nSPS) is 17.9. The molecule has 0 amide bonds. The van der Waals surface area contributed by atoms with E-state index in [9.17, 15) is 5.26 Å². The maximum atomic E-state index is 9.98. The van der Waals surface area contributed by atoms with Crippen LogP contribution in [0.15, 0.2) is 39.2 Å². The number of halogens is 2. The van der Waals surface area contributed by atoms with E-state index in [1.807, 2.05) is 12.1 Å². The molecule has 0 fully saturated rings. The first-order valence-electron chi connectivity index (χ1n) is 9.20. The second kappa shape index (κ2) is 9.29. The number of nitriles is 1. The van der Waals surface area contributed by atoms with Gasteiger partial charge in [-0.05, 0) is 37.5 Å². The lowest BCUT2D eigenvalue weighted by Gasteiger charge is -2.23. The van der Waals surface area contributed by atoms with Crippen LogP contribution in [-0.4, -0.2) is 26.2 Å². The van der Waals surface area contributed by atoms with E-state index >= 15 is 0 Å². The third-order valence-corrected chi connectivity index (χ3v) is 6.45. The van der Waals surface area contributed by atoms with Crippen molar-refractivity contribution in [3.8, 4) is 6.07 Å². The highest BCUT2D eigenvalue weighted by molar-refractivity contribution is 9.10. The molecule has 0 spiro atoms. The predicted molar refractivity (Wildman–Crippen MR) is 123 cm³/mol. The first-order valence-corrected chi connectivity index (χ1v) is 10.9. The summed E-state index contributed by atoms with van der Waals surface area (Å²) in [7, 11) is 0. The van der Waals surface area contributed by atoms with Crippen LogP contribution in [0.5, 0.6) is 0 Å². The van der Waals surface area contributed by atoms with Crippen LogP contribution in [0.1, 0.15) is 43.4 Å². The molecule has 0 saturated carbocycles. The van der Waals surface area contributed by atoms with Crippen LogP contribution < -0.4 is 0 Å². The molecule has 8 heteroatoms. The van der Waals surface area contributed by atoms with Gasteiger partial charge in [0.1, 0.15) is 22.5 Å². The maximum Gasteiger partial charge on any atom is 0.177 e. The molecule has 5 nitrogen and oxygen atoms in total. The van der Waals surface area contributed by atoms with E-state index in [0.29, 0.717) is 11.4 Å². The molecule has 0 aliphatic carbocycles. The van der Waals surface area contributed by atoms with Crippen molar-refractivity contribution < 1.29 is 0 Å². The molecule has 28 heavy (non-hydrogen) atoms. The van der Waals surface area contributed by atoms with Gasteiger partial charge >= 0.3 is 0 Å². The Morgan fingerprint density at radius 3 is 2.71 bits per heavy atom. The third kappa shape index (κ3) is 3.93. The zero-order valence-electron chi connectivity index (χ0n) is 15.6. The van der Waals surface area contributed by atoms with Crippen molar-refractivity contribution in [1.29, 1.82) is 5.26 Å². The molecule has 1 aromatic carbocycles. The van der Waals surface area contributed by atoms with Gasteiger partial charge in [-0.25, -0.2) is 0 Å². The van der Waals surface area contributed by atoms with Gasteiger partial charge < -0.3 is 9.47 Å². The highest BCUT2D eigenvalue weighted by Crippen LogP contribution is 2.43. The summed E-state index contributed by atoms with van der Waals surface area (Å²) in [6, 6.07) is 10.7. The summed E-state index contributed by atoms with van der Waals surface area (Å²) in [5.41, 5.74) is 2.87. The summed E-state index contributed by atoms with van der Waals surface area (Å²) in [5.74, 6) is 1.71. The van der Waals surface area contributed by atoms with E-state index < -0.39 is 0 Å². The summed E-state index contributed by atoms with van der Waals surface area (Å²) < 4.78 is 3.20. The van der Waals surface area contributed by atoms with E-state index in [-0.39, 0.29) is 17.0 Å². The molecule has 0 unspecified atom stereocenters. The molecule has 0 bridgehead atoms. The monoisotopic (exact) mass is 521 g/mol. The number of allylic oxidation sites excluding steroid dienone is 1. The average molecular weight is 523 g/mol. The van der Waals surface area contributed by atoms with Crippen molar-refractivity contribution in [3.05, 3.63) is 56.4 Å². The Kier molecular flexibility index (Phi) is 7.02. The largest absolute Gasteiger partial charge is 0.334 e. The lowest BCUT2D eigenvalue weighted by Crippen LogP contribution is -2.18. The molecule has 146 valence electrons. The third-order valence-electron chi connectivity index (χ3n) is 4.93. The first kappa shape index (κ1) is 21.2. The molecule has 3 heterocycles. The number of hydrogen-bond acceptors (Lipinski definition) is 5. The minimum Gasteiger partial charge on any atom is -0.334 e. The molecule has 2 aromatic rings. The van der Waals surface area contributed by atoms with Crippen LogP contribution >= 0.6 is 44.7 Å². The highest BCUT2D eigenvalue weighted by atomic mass is 79.9. The fourth-order valence-electron chi connectivity index (χ4n) is 3.56. The van der Waals surface area contributed by atoms with E-state index in [1.54, 1.807) is 11.8 Å². The lowest BCUT2D eigenvalue weighted by atomic mass is 10.1. The number of aryl methyl sites for hydroxylation is 1. The zero-order valence-corrected chi connectivity index (χ0v) is 19.7. The molecule has 0 N–H and O–H groups in total. The first-order chi connectivity index (χ1) is 13.2. The number of benzene rings is 1. The fraction of sp³-hybridized carbons (Fsp3) is 0.350. The van der Waals surface area contributed by atoms with Gasteiger partial charge in [-0.2, -0.15) is 5.26 Å². The number of nitrogens with zero attached hydrogens (tertiary/aromatic N) is 5. The highest BCUT2D eigenvalue weighted by Gasteiger charge is 2.28. The number of thioether (sulfide) groups is 1. The molecule has 0 saturated heterocycles. The van der Waals surface area contributed by atoms with Crippen LogP contribution in [0, 0.1) is 11.3 Å². The van der Waals surface area contributed by atoms with E-state index in [2.05, 4.69) is 66.1 Å². The van der Waals surface area contributed by atoms with Gasteiger partial charge in [-0.3, -0.25) is 0 Å². The predicted octanol–water partition coefficient (Wildman–Crippen LogP) is 5.60. The molecule has 4 rings (SSSR count). The van der Waals surface area contributed by atoms with E-state index in [1.165, 1.54) is 6.42 Å². The van der Waals surface area contributed by atoms with Crippen molar-refractivity contribution >= 4 is 55.9 Å². The summed E-state index contributed by atoms with van der Waals surface area (Å²) in [6.45, 7) is 3.79. The summed E-state index contributed by atoms with van der Waals surface area (Å²) in [4.78, 5) is 2.20. The Hall–Kier alpha value is -1.56. The standard InChI is InChI=1S/C20H20BrN5S.BrH/c1-2-25-17(14-7-9-15(21)10-8-14)13-27-20(25)16(12-22)19-24-23-18-6-4-3-5-11-26(18)19;/h7-10,13H,2-6,11H2,1H3;1H/b20-16-;. The summed E-state index contributed by atoms with van der Waals surface area (Å²) in [6.07, 6.45) is 4.39. The molecule has 1 aromatic heterocycles. The second-order valence-electron chi connectivity index (χ2n) is 6.57. The minimum absolute atomic E-state index is 0. The quantitative estimate of drug-likeness (QED) is 0.491. The van der Waals surface area contributed by atoms with Crippen LogP contribution in [0.2, 0.25) is 0 Å². The SMILES string of the molecule is Br.CCN1C(c2ccc(Br)cc2)=CS/C1=C(/C#N)c1nnc2n1CCCCC2. The Balaban J connectivity index is 0.00000225.